The molecule has 1 aliphatic rings. The Morgan fingerprint density at radius 2 is 1.93 bits per heavy atom. The van der Waals surface area contributed by atoms with Crippen LogP contribution >= 0.6 is 11.3 Å². The Balaban J connectivity index is 1.55. The second kappa shape index (κ2) is 8.49. The number of thiazole rings is 1. The molecular formula is C23H26N2O3S2. The Labute approximate surface area is 182 Å². The van der Waals surface area contributed by atoms with Crippen LogP contribution in [0.4, 0.5) is 0 Å². The number of sulfonamides is 1. The molecule has 1 aromatic heterocycles. The molecule has 30 heavy (non-hydrogen) atoms. The number of methoxy groups -OCH3 is 1. The highest BCUT2D eigenvalue weighted by atomic mass is 32.2. The Morgan fingerprint density at radius 3 is 2.63 bits per heavy atom. The highest BCUT2D eigenvalue weighted by Gasteiger charge is 2.30. The Hall–Kier alpha value is -2.22. The number of nitrogens with zero attached hydrogens (tertiary/aromatic N) is 2. The molecule has 0 unspecified atom stereocenters. The molecule has 1 aliphatic heterocycles. The second-order valence-electron chi connectivity index (χ2n) is 7.95. The number of fused-ring (bicyclic) bond motifs is 1. The van der Waals surface area contributed by atoms with Gasteiger partial charge in [-0.05, 0) is 42.2 Å². The first kappa shape index (κ1) is 21.0. The van der Waals surface area contributed by atoms with Gasteiger partial charge in [-0.1, -0.05) is 38.1 Å². The third-order valence-corrected chi connectivity index (χ3v) is 8.21. The van der Waals surface area contributed by atoms with E-state index in [0.29, 0.717) is 30.3 Å². The molecule has 0 radical (unpaired) electrons. The fourth-order valence-electron chi connectivity index (χ4n) is 3.67. The van der Waals surface area contributed by atoms with Crippen LogP contribution in [-0.2, 0) is 29.4 Å². The van der Waals surface area contributed by atoms with E-state index in [1.54, 1.807) is 34.9 Å². The van der Waals surface area contributed by atoms with Crippen LogP contribution in [0.5, 0.6) is 5.75 Å². The molecule has 0 atom stereocenters. The van der Waals surface area contributed by atoms with Crippen LogP contribution in [0.2, 0.25) is 0 Å². The van der Waals surface area contributed by atoms with Gasteiger partial charge in [0.25, 0.3) is 0 Å². The van der Waals surface area contributed by atoms with Gasteiger partial charge in [0, 0.05) is 23.4 Å². The first-order valence-electron chi connectivity index (χ1n) is 10.1. The van der Waals surface area contributed by atoms with Crippen LogP contribution in [0.1, 0.15) is 30.0 Å². The van der Waals surface area contributed by atoms with Gasteiger partial charge < -0.3 is 4.74 Å². The van der Waals surface area contributed by atoms with Gasteiger partial charge in [0.15, 0.2) is 0 Å². The van der Waals surface area contributed by atoms with E-state index < -0.39 is 10.0 Å². The van der Waals surface area contributed by atoms with E-state index in [1.807, 2.05) is 36.4 Å². The standard InChI is InChI=1S/C23H26N2O3S2/c1-16(2)13-17-7-9-20(10-8-17)30(26,27)25-12-11-21-22(15-25)29-23(24-21)18-5-4-6-19(14-18)28-3/h4-10,14,16H,11-13,15H2,1-3H3. The normalized spacial score (nSPS) is 14.7. The maximum atomic E-state index is 13.2. The van der Waals surface area contributed by atoms with Crippen LogP contribution < -0.4 is 4.74 Å². The molecule has 0 aliphatic carbocycles. The lowest BCUT2D eigenvalue weighted by Gasteiger charge is -2.25. The summed E-state index contributed by atoms with van der Waals surface area (Å²) >= 11 is 1.56. The molecule has 2 heterocycles. The number of rotatable bonds is 6. The van der Waals surface area contributed by atoms with Crippen molar-refractivity contribution in [2.24, 2.45) is 5.92 Å². The van der Waals surface area contributed by atoms with Gasteiger partial charge >= 0.3 is 0 Å². The summed E-state index contributed by atoms with van der Waals surface area (Å²) in [5.41, 5.74) is 3.15. The third kappa shape index (κ3) is 4.29. The van der Waals surface area contributed by atoms with Crippen molar-refractivity contribution in [3.8, 4) is 16.3 Å². The Bertz CT molecular complexity index is 1140. The van der Waals surface area contributed by atoms with Gasteiger partial charge in [-0.25, -0.2) is 13.4 Å². The minimum atomic E-state index is -3.52. The number of hydrogen-bond donors (Lipinski definition) is 0. The molecule has 0 bridgehead atoms. The van der Waals surface area contributed by atoms with Crippen LogP contribution in [0.3, 0.4) is 0 Å². The van der Waals surface area contributed by atoms with Crippen molar-refractivity contribution >= 4 is 21.4 Å². The van der Waals surface area contributed by atoms with E-state index in [0.717, 1.165) is 38.9 Å². The molecule has 5 nitrogen and oxygen atoms in total. The van der Waals surface area contributed by atoms with Crippen LogP contribution in [0.15, 0.2) is 53.4 Å². The zero-order chi connectivity index (χ0) is 21.3. The summed E-state index contributed by atoms with van der Waals surface area (Å²) in [5, 5.41) is 0.899. The van der Waals surface area contributed by atoms with Crippen molar-refractivity contribution in [2.75, 3.05) is 13.7 Å². The van der Waals surface area contributed by atoms with Crippen LogP contribution in [0, 0.1) is 5.92 Å². The van der Waals surface area contributed by atoms with E-state index in [2.05, 4.69) is 13.8 Å². The predicted octanol–water partition coefficient (Wildman–Crippen LogP) is 4.76. The summed E-state index contributed by atoms with van der Waals surface area (Å²) in [6.07, 6.45) is 1.57. The number of hydrogen-bond acceptors (Lipinski definition) is 5. The fourth-order valence-corrected chi connectivity index (χ4v) is 6.29. The summed E-state index contributed by atoms with van der Waals surface area (Å²) in [6, 6.07) is 15.1. The Kier molecular flexibility index (Phi) is 5.95. The molecule has 4 rings (SSSR count). The number of aromatic nitrogens is 1. The monoisotopic (exact) mass is 442 g/mol. The average molecular weight is 443 g/mol. The smallest absolute Gasteiger partial charge is 0.243 e. The van der Waals surface area contributed by atoms with Gasteiger partial charge in [0.05, 0.1) is 24.2 Å². The molecule has 3 aromatic rings. The van der Waals surface area contributed by atoms with Crippen molar-refractivity contribution < 1.29 is 13.2 Å². The molecule has 0 amide bonds. The predicted molar refractivity (Wildman–Crippen MR) is 120 cm³/mol. The first-order valence-corrected chi connectivity index (χ1v) is 12.3. The maximum Gasteiger partial charge on any atom is 0.243 e. The van der Waals surface area contributed by atoms with E-state index >= 15 is 0 Å². The minimum absolute atomic E-state index is 0.357. The molecule has 0 saturated heterocycles. The average Bonchev–Trinajstić information content (AvgIpc) is 3.17. The van der Waals surface area contributed by atoms with E-state index in [1.165, 1.54) is 0 Å². The van der Waals surface area contributed by atoms with Crippen molar-refractivity contribution in [3.63, 3.8) is 0 Å². The lowest BCUT2D eigenvalue weighted by atomic mass is 10.0. The summed E-state index contributed by atoms with van der Waals surface area (Å²) in [4.78, 5) is 6.14. The summed E-state index contributed by atoms with van der Waals surface area (Å²) < 4.78 is 33.2. The molecule has 0 spiro atoms. The van der Waals surface area contributed by atoms with Crippen molar-refractivity contribution in [2.45, 2.75) is 38.1 Å². The van der Waals surface area contributed by atoms with E-state index in [4.69, 9.17) is 9.72 Å². The second-order valence-corrected chi connectivity index (χ2v) is 11.0. The lowest BCUT2D eigenvalue weighted by Crippen LogP contribution is -2.35. The van der Waals surface area contributed by atoms with Gasteiger partial charge in [-0.15, -0.1) is 11.3 Å². The molecule has 0 saturated carbocycles. The lowest BCUT2D eigenvalue weighted by molar-refractivity contribution is 0.393. The third-order valence-electron chi connectivity index (χ3n) is 5.22. The number of ether oxygens (including phenoxy) is 1. The topological polar surface area (TPSA) is 59.5 Å². The zero-order valence-electron chi connectivity index (χ0n) is 17.5. The quantitative estimate of drug-likeness (QED) is 0.552. The SMILES string of the molecule is COc1cccc(-c2nc3c(s2)CN(S(=O)(=O)c2ccc(CC(C)C)cc2)CC3)c1. The summed E-state index contributed by atoms with van der Waals surface area (Å²) in [5.74, 6) is 1.32. The number of benzene rings is 2. The van der Waals surface area contributed by atoms with Crippen molar-refractivity contribution in [1.82, 2.24) is 9.29 Å². The molecular weight excluding hydrogens is 416 g/mol. The van der Waals surface area contributed by atoms with Gasteiger partial charge in [-0.2, -0.15) is 4.31 Å². The van der Waals surface area contributed by atoms with Crippen molar-refractivity contribution in [1.29, 1.82) is 0 Å². The van der Waals surface area contributed by atoms with Gasteiger partial charge in [-0.3, -0.25) is 0 Å². The summed E-state index contributed by atoms with van der Waals surface area (Å²) in [6.45, 7) is 5.13. The van der Waals surface area contributed by atoms with Crippen molar-refractivity contribution in [3.05, 3.63) is 64.7 Å². The highest BCUT2D eigenvalue weighted by Crippen LogP contribution is 2.34. The molecule has 158 valence electrons. The van der Waals surface area contributed by atoms with Crippen LogP contribution in [-0.4, -0.2) is 31.4 Å². The Morgan fingerprint density at radius 1 is 1.17 bits per heavy atom. The van der Waals surface area contributed by atoms with E-state index in [9.17, 15) is 8.42 Å². The molecule has 0 N–H and O–H groups in total. The summed E-state index contributed by atoms with van der Waals surface area (Å²) in [7, 11) is -1.88. The zero-order valence-corrected chi connectivity index (χ0v) is 19.1. The van der Waals surface area contributed by atoms with E-state index in [-0.39, 0.29) is 0 Å². The molecule has 0 fully saturated rings. The first-order chi connectivity index (χ1) is 14.4. The van der Waals surface area contributed by atoms with Gasteiger partial charge in [0.2, 0.25) is 10.0 Å². The minimum Gasteiger partial charge on any atom is -0.497 e. The molecule has 2 aromatic carbocycles. The fraction of sp³-hybridized carbons (Fsp3) is 0.348. The highest BCUT2D eigenvalue weighted by molar-refractivity contribution is 7.89. The largest absolute Gasteiger partial charge is 0.497 e. The maximum absolute atomic E-state index is 13.2. The van der Waals surface area contributed by atoms with Gasteiger partial charge in [0.1, 0.15) is 10.8 Å². The van der Waals surface area contributed by atoms with Crippen LogP contribution in [0.25, 0.3) is 10.6 Å². The molecule has 7 heteroatoms.